The molecule has 0 aromatic carbocycles. The van der Waals surface area contributed by atoms with Crippen LogP contribution in [0.2, 0.25) is 0 Å². The molecule has 1 heterocycles. The zero-order chi connectivity index (χ0) is 17.5. The molecule has 0 unspecified atom stereocenters. The highest BCUT2D eigenvalue weighted by atomic mass is 16.7. The number of hydrogen-bond donors (Lipinski definition) is 2. The molecule has 0 aromatic heterocycles. The molecule has 1 saturated heterocycles. The smallest absolute Gasteiger partial charge is 0.309 e. The molecule has 6 heteroatoms. The first kappa shape index (κ1) is 18.4. The fourth-order valence-corrected chi connectivity index (χ4v) is 3.91. The predicted molar refractivity (Wildman–Crippen MR) is 93.8 cm³/mol. The average molecular weight is 350 g/mol. The highest BCUT2D eigenvalue weighted by Crippen LogP contribution is 2.37. The van der Waals surface area contributed by atoms with Gasteiger partial charge in [0, 0.05) is 25.9 Å². The second-order valence-electron chi connectivity index (χ2n) is 7.35. The second-order valence-corrected chi connectivity index (χ2v) is 7.35. The predicted octanol–water partition coefficient (Wildman–Crippen LogP) is 2.19. The molecule has 0 radical (unpaired) electrons. The quantitative estimate of drug-likeness (QED) is 0.589. The molecule has 2 amide bonds. The maximum absolute atomic E-state index is 11.9. The monoisotopic (exact) mass is 350 g/mol. The number of carbonyl (C=O) groups is 2. The molecule has 2 fully saturated rings. The van der Waals surface area contributed by atoms with Gasteiger partial charge in [0.25, 0.3) is 0 Å². The van der Waals surface area contributed by atoms with E-state index in [1.54, 1.807) is 0 Å². The van der Waals surface area contributed by atoms with E-state index in [0.717, 1.165) is 44.9 Å². The molecule has 140 valence electrons. The van der Waals surface area contributed by atoms with Gasteiger partial charge in [0.2, 0.25) is 0 Å². The van der Waals surface area contributed by atoms with Gasteiger partial charge in [-0.3, -0.25) is 9.59 Å². The molecular formula is C19H30N2O4. The highest BCUT2D eigenvalue weighted by Gasteiger charge is 2.42. The topological polar surface area (TPSA) is 76.7 Å². The van der Waals surface area contributed by atoms with Crippen LogP contribution in [-0.4, -0.2) is 43.4 Å². The van der Waals surface area contributed by atoms with E-state index in [1.165, 1.54) is 24.8 Å². The fraction of sp³-hybridized carbons (Fsp3) is 0.789. The van der Waals surface area contributed by atoms with Crippen molar-refractivity contribution >= 4 is 11.8 Å². The number of hydrogen-bond acceptors (Lipinski definition) is 4. The van der Waals surface area contributed by atoms with Crippen molar-refractivity contribution in [3.8, 4) is 0 Å². The van der Waals surface area contributed by atoms with Gasteiger partial charge in [0.05, 0.1) is 6.61 Å². The lowest BCUT2D eigenvalue weighted by atomic mass is 9.94. The van der Waals surface area contributed by atoms with Gasteiger partial charge in [-0.2, -0.15) is 0 Å². The van der Waals surface area contributed by atoms with E-state index in [9.17, 15) is 9.59 Å². The summed E-state index contributed by atoms with van der Waals surface area (Å²) < 4.78 is 11.8. The van der Waals surface area contributed by atoms with Crippen LogP contribution in [0.3, 0.4) is 0 Å². The van der Waals surface area contributed by atoms with Crippen LogP contribution in [0.4, 0.5) is 0 Å². The van der Waals surface area contributed by atoms with Crippen LogP contribution in [0, 0.1) is 0 Å². The molecule has 3 rings (SSSR count). The normalized spacial score (nSPS) is 25.4. The molecule has 2 N–H and O–H groups in total. The van der Waals surface area contributed by atoms with Gasteiger partial charge in [-0.05, 0) is 44.9 Å². The van der Waals surface area contributed by atoms with Gasteiger partial charge in [-0.25, -0.2) is 0 Å². The average Bonchev–Trinajstić information content (AvgIpc) is 3.03. The van der Waals surface area contributed by atoms with Crippen molar-refractivity contribution in [3.05, 3.63) is 11.6 Å². The maximum atomic E-state index is 11.9. The Kier molecular flexibility index (Phi) is 6.48. The number of ether oxygens (including phenoxy) is 2. The molecule has 0 bridgehead atoms. The van der Waals surface area contributed by atoms with Crippen LogP contribution in [0.1, 0.15) is 64.2 Å². The van der Waals surface area contributed by atoms with E-state index in [1.807, 2.05) is 0 Å². The molecule has 6 nitrogen and oxygen atoms in total. The first-order chi connectivity index (χ1) is 12.2. The van der Waals surface area contributed by atoms with Crippen molar-refractivity contribution in [2.24, 2.45) is 0 Å². The molecule has 2 aliphatic carbocycles. The van der Waals surface area contributed by atoms with Crippen LogP contribution in [0.25, 0.3) is 0 Å². The Balaban J connectivity index is 1.32. The number of allylic oxidation sites excluding steroid dienone is 1. The van der Waals surface area contributed by atoms with E-state index in [0.29, 0.717) is 19.7 Å². The summed E-state index contributed by atoms with van der Waals surface area (Å²) in [6.07, 6.45) is 13.0. The highest BCUT2D eigenvalue weighted by molar-refractivity contribution is 6.35. The molecule has 1 aliphatic heterocycles. The third-order valence-electron chi connectivity index (χ3n) is 5.34. The van der Waals surface area contributed by atoms with Gasteiger partial charge in [-0.1, -0.05) is 18.1 Å². The van der Waals surface area contributed by atoms with Crippen LogP contribution >= 0.6 is 0 Å². The lowest BCUT2D eigenvalue weighted by molar-refractivity contribution is -0.186. The third kappa shape index (κ3) is 5.28. The van der Waals surface area contributed by atoms with Crippen molar-refractivity contribution in [1.82, 2.24) is 10.6 Å². The maximum Gasteiger partial charge on any atom is 0.309 e. The van der Waals surface area contributed by atoms with Crippen molar-refractivity contribution in [1.29, 1.82) is 0 Å². The van der Waals surface area contributed by atoms with Gasteiger partial charge in [0.15, 0.2) is 5.79 Å². The zero-order valence-corrected chi connectivity index (χ0v) is 15.0. The van der Waals surface area contributed by atoms with Crippen LogP contribution in [0.5, 0.6) is 0 Å². The van der Waals surface area contributed by atoms with Crippen molar-refractivity contribution in [3.63, 3.8) is 0 Å². The second kappa shape index (κ2) is 8.81. The Hall–Kier alpha value is -1.40. The third-order valence-corrected chi connectivity index (χ3v) is 5.34. The lowest BCUT2D eigenvalue weighted by Gasteiger charge is -2.31. The van der Waals surface area contributed by atoms with E-state index in [2.05, 4.69) is 16.7 Å². The summed E-state index contributed by atoms with van der Waals surface area (Å²) in [5, 5.41) is 5.36. The van der Waals surface area contributed by atoms with Gasteiger partial charge in [0.1, 0.15) is 6.10 Å². The summed E-state index contributed by atoms with van der Waals surface area (Å²) in [6.45, 7) is 1.32. The summed E-state index contributed by atoms with van der Waals surface area (Å²) in [5.41, 5.74) is 1.39. The number of nitrogens with one attached hydrogen (secondary N) is 2. The van der Waals surface area contributed by atoms with Gasteiger partial charge >= 0.3 is 11.8 Å². The number of rotatable bonds is 5. The van der Waals surface area contributed by atoms with Crippen LogP contribution in [-0.2, 0) is 19.1 Å². The number of carbonyl (C=O) groups excluding carboxylic acids is 2. The lowest BCUT2D eigenvalue weighted by Crippen LogP contribution is -2.44. The first-order valence-electron chi connectivity index (χ1n) is 9.73. The largest absolute Gasteiger partial charge is 0.348 e. The molecule has 1 spiro atoms. The molecular weight excluding hydrogens is 320 g/mol. The minimum atomic E-state index is -0.592. The minimum Gasteiger partial charge on any atom is -0.348 e. The Morgan fingerprint density at radius 3 is 2.64 bits per heavy atom. The molecule has 25 heavy (non-hydrogen) atoms. The summed E-state index contributed by atoms with van der Waals surface area (Å²) in [6, 6.07) is 0. The molecule has 1 atom stereocenters. The molecule has 0 aromatic rings. The van der Waals surface area contributed by atoms with E-state index in [4.69, 9.17) is 9.47 Å². The van der Waals surface area contributed by atoms with Crippen LogP contribution in [0.15, 0.2) is 11.6 Å². The standard InChI is InChI=1S/C19H30N2O4/c22-17(20-12-9-15-7-3-1-4-8-15)18(23)21-13-16-14-24-19(25-16)10-5-2-6-11-19/h7,16H,1-6,8-14H2,(H,20,22)(H,21,23)/t16-/m1/s1. The SMILES string of the molecule is O=C(NCCC1=CCCCC1)C(=O)NC[C@@H]1COC2(CCCCC2)O1. The summed E-state index contributed by atoms with van der Waals surface area (Å²) in [4.78, 5) is 23.8. The van der Waals surface area contributed by atoms with Crippen molar-refractivity contribution in [2.45, 2.75) is 76.1 Å². The zero-order valence-electron chi connectivity index (χ0n) is 15.0. The van der Waals surface area contributed by atoms with Gasteiger partial charge < -0.3 is 20.1 Å². The Morgan fingerprint density at radius 2 is 1.88 bits per heavy atom. The fourth-order valence-electron chi connectivity index (χ4n) is 3.91. The van der Waals surface area contributed by atoms with Crippen molar-refractivity contribution in [2.75, 3.05) is 19.7 Å². The van der Waals surface area contributed by atoms with E-state index >= 15 is 0 Å². The van der Waals surface area contributed by atoms with Gasteiger partial charge in [-0.15, -0.1) is 0 Å². The van der Waals surface area contributed by atoms with Crippen molar-refractivity contribution < 1.29 is 19.1 Å². The van der Waals surface area contributed by atoms with Crippen LogP contribution < -0.4 is 10.6 Å². The molecule has 1 saturated carbocycles. The Morgan fingerprint density at radius 1 is 1.08 bits per heavy atom. The summed E-state index contributed by atoms with van der Waals surface area (Å²) >= 11 is 0. The van der Waals surface area contributed by atoms with E-state index in [-0.39, 0.29) is 6.10 Å². The molecule has 3 aliphatic rings. The first-order valence-corrected chi connectivity index (χ1v) is 9.73. The minimum absolute atomic E-state index is 0.165. The van der Waals surface area contributed by atoms with E-state index < -0.39 is 17.6 Å². The Labute approximate surface area is 149 Å². The number of amides is 2. The Bertz CT molecular complexity index is 512. The summed E-state index contributed by atoms with van der Waals surface area (Å²) in [7, 11) is 0. The summed E-state index contributed by atoms with van der Waals surface area (Å²) in [5.74, 6) is -1.60.